The maximum atomic E-state index is 5.90. The molecule has 1 aromatic rings. The van der Waals surface area contributed by atoms with Crippen LogP contribution in [0.4, 0.5) is 0 Å². The van der Waals surface area contributed by atoms with Gasteiger partial charge in [0.15, 0.2) is 0 Å². The van der Waals surface area contributed by atoms with Gasteiger partial charge in [-0.15, -0.1) is 0 Å². The highest BCUT2D eigenvalue weighted by Gasteiger charge is 2.35. The predicted octanol–water partition coefficient (Wildman–Crippen LogP) is 4.08. The number of halogens is 1. The zero-order valence-corrected chi connectivity index (χ0v) is 13.3. The predicted molar refractivity (Wildman–Crippen MR) is 81.6 cm³/mol. The van der Waals surface area contributed by atoms with E-state index in [1.165, 1.54) is 28.4 Å². The van der Waals surface area contributed by atoms with Crippen LogP contribution < -0.4 is 10.1 Å². The van der Waals surface area contributed by atoms with Gasteiger partial charge in [0.1, 0.15) is 5.75 Å². The lowest BCUT2D eigenvalue weighted by molar-refractivity contribution is 0.321. The minimum absolute atomic E-state index is 0.418. The van der Waals surface area contributed by atoms with E-state index in [-0.39, 0.29) is 0 Å². The third-order valence-electron chi connectivity index (χ3n) is 4.43. The van der Waals surface area contributed by atoms with E-state index < -0.39 is 0 Å². The van der Waals surface area contributed by atoms with Crippen LogP contribution in [0.3, 0.4) is 0 Å². The van der Waals surface area contributed by atoms with Gasteiger partial charge in [0.05, 0.1) is 6.61 Å². The summed E-state index contributed by atoms with van der Waals surface area (Å²) in [7, 11) is 0. The molecule has 1 aliphatic heterocycles. The summed E-state index contributed by atoms with van der Waals surface area (Å²) in [6.07, 6.45) is 3.82. The number of rotatable bonds is 5. The van der Waals surface area contributed by atoms with Crippen molar-refractivity contribution in [2.75, 3.05) is 13.2 Å². The van der Waals surface area contributed by atoms with Gasteiger partial charge in [-0.05, 0) is 48.9 Å². The lowest BCUT2D eigenvalue weighted by atomic mass is 9.89. The zero-order valence-electron chi connectivity index (χ0n) is 11.7. The molecule has 104 valence electrons. The molecule has 0 spiro atoms. The van der Waals surface area contributed by atoms with Gasteiger partial charge in [-0.3, -0.25) is 0 Å². The van der Waals surface area contributed by atoms with Crippen molar-refractivity contribution in [3.63, 3.8) is 0 Å². The highest BCUT2D eigenvalue weighted by Crippen LogP contribution is 2.46. The van der Waals surface area contributed by atoms with Crippen molar-refractivity contribution in [3.8, 4) is 5.75 Å². The Bertz CT molecular complexity index is 470. The first-order chi connectivity index (χ1) is 9.20. The lowest BCUT2D eigenvalue weighted by Crippen LogP contribution is -2.28. The fourth-order valence-corrected chi connectivity index (χ4v) is 3.75. The van der Waals surface area contributed by atoms with Crippen LogP contribution >= 0.6 is 15.9 Å². The Hall–Kier alpha value is -0.540. The third kappa shape index (κ3) is 2.68. The quantitative estimate of drug-likeness (QED) is 0.881. The Balaban J connectivity index is 1.97. The number of ether oxygens (including phenoxy) is 1. The summed E-state index contributed by atoms with van der Waals surface area (Å²) in [5.41, 5.74) is 2.71. The van der Waals surface area contributed by atoms with Gasteiger partial charge in [-0.2, -0.15) is 0 Å². The molecule has 1 saturated carbocycles. The van der Waals surface area contributed by atoms with Crippen LogP contribution in [0.1, 0.15) is 43.9 Å². The smallest absolute Gasteiger partial charge is 0.127 e. The highest BCUT2D eigenvalue weighted by atomic mass is 79.9. The van der Waals surface area contributed by atoms with Crippen molar-refractivity contribution in [2.24, 2.45) is 11.8 Å². The number of hydrogen-bond acceptors (Lipinski definition) is 2. The number of nitrogens with one attached hydrogen (secondary N) is 1. The molecule has 2 nitrogen and oxygen atoms in total. The summed E-state index contributed by atoms with van der Waals surface area (Å²) < 4.78 is 7.08. The van der Waals surface area contributed by atoms with E-state index >= 15 is 0 Å². The molecule has 0 bridgehead atoms. The summed E-state index contributed by atoms with van der Waals surface area (Å²) >= 11 is 3.65. The van der Waals surface area contributed by atoms with Crippen LogP contribution in [0.15, 0.2) is 16.6 Å². The van der Waals surface area contributed by atoms with Crippen LogP contribution in [0.25, 0.3) is 0 Å². The average molecular weight is 324 g/mol. The van der Waals surface area contributed by atoms with E-state index in [1.807, 2.05) is 0 Å². The first-order valence-electron chi connectivity index (χ1n) is 7.39. The standard InChI is InChI=1S/C16H22BrNO/c1-3-18-15(10(2)11-4-5-11)14-9-13(17)8-12-6-7-19-16(12)14/h8-11,15,18H,3-7H2,1-2H3. The Labute approximate surface area is 124 Å². The van der Waals surface area contributed by atoms with Gasteiger partial charge in [0, 0.05) is 22.5 Å². The van der Waals surface area contributed by atoms with Crippen LogP contribution in [0.2, 0.25) is 0 Å². The molecule has 1 N–H and O–H groups in total. The molecule has 3 heteroatoms. The fourth-order valence-electron chi connectivity index (χ4n) is 3.22. The second kappa shape index (κ2) is 5.45. The summed E-state index contributed by atoms with van der Waals surface area (Å²) in [6, 6.07) is 4.87. The SMILES string of the molecule is CCNC(c1cc(Br)cc2c1OCC2)C(C)C1CC1. The monoisotopic (exact) mass is 323 g/mol. The Morgan fingerprint density at radius 1 is 1.42 bits per heavy atom. The van der Waals surface area contributed by atoms with E-state index in [2.05, 4.69) is 47.2 Å². The maximum Gasteiger partial charge on any atom is 0.127 e. The number of fused-ring (bicyclic) bond motifs is 1. The first kappa shape index (κ1) is 13.4. The highest BCUT2D eigenvalue weighted by molar-refractivity contribution is 9.10. The van der Waals surface area contributed by atoms with Crippen LogP contribution in [-0.2, 0) is 6.42 Å². The Kier molecular flexibility index (Phi) is 3.86. The van der Waals surface area contributed by atoms with Gasteiger partial charge < -0.3 is 10.1 Å². The minimum atomic E-state index is 0.418. The van der Waals surface area contributed by atoms with Crippen molar-refractivity contribution in [1.29, 1.82) is 0 Å². The normalized spacial score (nSPS) is 20.8. The Morgan fingerprint density at radius 3 is 2.89 bits per heavy atom. The van der Waals surface area contributed by atoms with Crippen LogP contribution in [0, 0.1) is 11.8 Å². The van der Waals surface area contributed by atoms with Crippen molar-refractivity contribution in [1.82, 2.24) is 5.32 Å². The Morgan fingerprint density at radius 2 is 2.21 bits per heavy atom. The van der Waals surface area contributed by atoms with E-state index in [0.29, 0.717) is 12.0 Å². The molecule has 1 fully saturated rings. The molecule has 2 unspecified atom stereocenters. The minimum Gasteiger partial charge on any atom is -0.493 e. The largest absolute Gasteiger partial charge is 0.493 e. The van der Waals surface area contributed by atoms with Gasteiger partial charge in [-0.25, -0.2) is 0 Å². The summed E-state index contributed by atoms with van der Waals surface area (Å²) in [5.74, 6) is 2.71. The van der Waals surface area contributed by atoms with E-state index in [9.17, 15) is 0 Å². The second-order valence-electron chi connectivity index (χ2n) is 5.81. The van der Waals surface area contributed by atoms with Gasteiger partial charge in [0.2, 0.25) is 0 Å². The molecule has 1 aliphatic carbocycles. The van der Waals surface area contributed by atoms with Crippen molar-refractivity contribution < 1.29 is 4.74 Å². The third-order valence-corrected chi connectivity index (χ3v) is 4.89. The van der Waals surface area contributed by atoms with E-state index in [4.69, 9.17) is 4.74 Å². The van der Waals surface area contributed by atoms with Crippen molar-refractivity contribution in [2.45, 2.75) is 39.2 Å². The molecular formula is C16H22BrNO. The van der Waals surface area contributed by atoms with Gasteiger partial charge in [-0.1, -0.05) is 29.8 Å². The molecule has 1 aromatic carbocycles. The molecule has 3 rings (SSSR count). The molecule has 0 amide bonds. The molecular weight excluding hydrogens is 302 g/mol. The molecule has 2 aliphatic rings. The molecule has 2 atom stereocenters. The molecule has 0 aromatic heterocycles. The maximum absolute atomic E-state index is 5.90. The topological polar surface area (TPSA) is 21.3 Å². The second-order valence-corrected chi connectivity index (χ2v) is 6.73. The number of benzene rings is 1. The molecule has 1 heterocycles. The number of hydrogen-bond donors (Lipinski definition) is 1. The van der Waals surface area contributed by atoms with Crippen molar-refractivity contribution in [3.05, 3.63) is 27.7 Å². The molecule has 0 saturated heterocycles. The summed E-state index contributed by atoms with van der Waals surface area (Å²) in [5, 5.41) is 3.68. The van der Waals surface area contributed by atoms with Crippen molar-refractivity contribution >= 4 is 15.9 Å². The van der Waals surface area contributed by atoms with Crippen LogP contribution in [-0.4, -0.2) is 13.2 Å². The van der Waals surface area contributed by atoms with Gasteiger partial charge in [0.25, 0.3) is 0 Å². The van der Waals surface area contributed by atoms with Crippen LogP contribution in [0.5, 0.6) is 5.75 Å². The van der Waals surface area contributed by atoms with Gasteiger partial charge >= 0.3 is 0 Å². The first-order valence-corrected chi connectivity index (χ1v) is 8.18. The van der Waals surface area contributed by atoms with E-state index in [0.717, 1.165) is 31.2 Å². The fraction of sp³-hybridized carbons (Fsp3) is 0.625. The lowest BCUT2D eigenvalue weighted by Gasteiger charge is -2.27. The molecule has 0 radical (unpaired) electrons. The van der Waals surface area contributed by atoms with E-state index in [1.54, 1.807) is 0 Å². The average Bonchev–Trinajstić information content (AvgIpc) is 3.13. The molecule has 19 heavy (non-hydrogen) atoms. The summed E-state index contributed by atoms with van der Waals surface area (Å²) in [6.45, 7) is 6.40. The zero-order chi connectivity index (χ0) is 13.4. The summed E-state index contributed by atoms with van der Waals surface area (Å²) in [4.78, 5) is 0.